The van der Waals surface area contributed by atoms with Crippen LogP contribution < -0.4 is 10.6 Å². The van der Waals surface area contributed by atoms with Gasteiger partial charge in [-0.15, -0.1) is 0 Å². The average molecular weight is 289 g/mol. The first-order valence-electron chi connectivity index (χ1n) is 6.09. The highest BCUT2D eigenvalue weighted by Crippen LogP contribution is 2.28. The summed E-state index contributed by atoms with van der Waals surface area (Å²) in [6, 6.07) is 7.27. The summed E-state index contributed by atoms with van der Waals surface area (Å²) in [5.41, 5.74) is 2.93. The van der Waals surface area contributed by atoms with Crippen molar-refractivity contribution < 1.29 is 9.59 Å². The lowest BCUT2D eigenvalue weighted by atomic mass is 10.2. The highest BCUT2D eigenvalue weighted by molar-refractivity contribution is 7.10. The largest absolute Gasteiger partial charge is 0.345 e. The first kappa shape index (κ1) is 14.2. The van der Waals surface area contributed by atoms with Crippen molar-refractivity contribution in [2.75, 3.05) is 10.6 Å². The van der Waals surface area contributed by atoms with Gasteiger partial charge in [-0.2, -0.15) is 4.37 Å². The molecule has 104 valence electrons. The second kappa shape index (κ2) is 5.83. The number of ketones is 1. The molecule has 1 aromatic carbocycles. The molecule has 0 spiro atoms. The maximum absolute atomic E-state index is 11.6. The summed E-state index contributed by atoms with van der Waals surface area (Å²) in [5.74, 6) is -0.115. The Balaban J connectivity index is 2.18. The Kier molecular flexibility index (Phi) is 4.14. The normalized spacial score (nSPS) is 10.2. The molecule has 1 aromatic heterocycles. The minimum atomic E-state index is -0.109. The molecule has 0 bridgehead atoms. The fourth-order valence-corrected chi connectivity index (χ4v) is 2.71. The zero-order valence-corrected chi connectivity index (χ0v) is 12.3. The number of carbonyl (C=O) groups excluding carboxylic acids is 2. The minimum absolute atomic E-state index is 0.00591. The van der Waals surface area contributed by atoms with Gasteiger partial charge < -0.3 is 10.6 Å². The van der Waals surface area contributed by atoms with Crippen LogP contribution in [0.4, 0.5) is 16.4 Å². The van der Waals surface area contributed by atoms with E-state index in [1.54, 1.807) is 12.1 Å². The van der Waals surface area contributed by atoms with Gasteiger partial charge >= 0.3 is 0 Å². The highest BCUT2D eigenvalue weighted by Gasteiger charge is 2.14. The molecule has 0 radical (unpaired) electrons. The first-order valence-corrected chi connectivity index (χ1v) is 6.86. The molecular formula is C14H15N3O2S. The van der Waals surface area contributed by atoms with Crippen LogP contribution in [0.1, 0.15) is 29.9 Å². The van der Waals surface area contributed by atoms with E-state index >= 15 is 0 Å². The smallest absolute Gasteiger partial charge is 0.221 e. The Morgan fingerprint density at radius 3 is 2.25 bits per heavy atom. The zero-order chi connectivity index (χ0) is 14.7. The van der Waals surface area contributed by atoms with Crippen LogP contribution in [0.3, 0.4) is 0 Å². The van der Waals surface area contributed by atoms with Crippen LogP contribution in [0.25, 0.3) is 0 Å². The lowest BCUT2D eigenvalue weighted by molar-refractivity contribution is -0.114. The number of hydrogen-bond acceptors (Lipinski definition) is 5. The Labute approximate surface area is 121 Å². The van der Waals surface area contributed by atoms with Gasteiger partial charge in [0.25, 0.3) is 0 Å². The molecule has 1 heterocycles. The Morgan fingerprint density at radius 2 is 1.70 bits per heavy atom. The number of benzene rings is 1. The molecule has 6 heteroatoms. The van der Waals surface area contributed by atoms with Crippen molar-refractivity contribution in [1.82, 2.24) is 4.37 Å². The van der Waals surface area contributed by atoms with E-state index in [1.165, 1.54) is 25.4 Å². The Bertz CT molecular complexity index is 647. The number of anilines is 3. The Hall–Kier alpha value is -2.21. The van der Waals surface area contributed by atoms with Crippen LogP contribution >= 0.6 is 11.5 Å². The number of aryl methyl sites for hydroxylation is 1. The second-order valence-electron chi connectivity index (χ2n) is 4.41. The number of nitrogens with zero attached hydrogens (tertiary/aromatic N) is 1. The summed E-state index contributed by atoms with van der Waals surface area (Å²) in [5, 5.41) is 6.61. The molecule has 5 nitrogen and oxygen atoms in total. The van der Waals surface area contributed by atoms with Crippen molar-refractivity contribution in [3.8, 4) is 0 Å². The molecule has 1 amide bonds. The number of amides is 1. The minimum Gasteiger partial charge on any atom is -0.345 e. The van der Waals surface area contributed by atoms with E-state index in [-0.39, 0.29) is 11.7 Å². The van der Waals surface area contributed by atoms with E-state index in [0.29, 0.717) is 5.56 Å². The standard InChI is InChI=1S/C14H15N3O2S/c1-8-13(9(2)18)14(20-17-8)16-12-6-4-11(5-7-12)15-10(3)19/h4-7,16H,1-3H3,(H,15,19). The van der Waals surface area contributed by atoms with Crippen LogP contribution in [0.2, 0.25) is 0 Å². The third-order valence-electron chi connectivity index (χ3n) is 2.68. The highest BCUT2D eigenvalue weighted by atomic mass is 32.1. The van der Waals surface area contributed by atoms with Crippen molar-refractivity contribution >= 4 is 39.6 Å². The van der Waals surface area contributed by atoms with Crippen LogP contribution in [0.15, 0.2) is 24.3 Å². The van der Waals surface area contributed by atoms with Crippen molar-refractivity contribution in [1.29, 1.82) is 0 Å². The van der Waals surface area contributed by atoms with E-state index < -0.39 is 0 Å². The summed E-state index contributed by atoms with van der Waals surface area (Å²) in [6.45, 7) is 4.81. The van der Waals surface area contributed by atoms with E-state index in [1.807, 2.05) is 19.1 Å². The van der Waals surface area contributed by atoms with Crippen molar-refractivity contribution in [2.45, 2.75) is 20.8 Å². The summed E-state index contributed by atoms with van der Waals surface area (Å²) in [6.07, 6.45) is 0. The molecule has 0 saturated carbocycles. The quantitative estimate of drug-likeness (QED) is 0.847. The number of carbonyl (C=O) groups is 2. The number of aromatic nitrogens is 1. The number of Topliss-reactive ketones (excluding diaryl/α,β-unsaturated/α-hetero) is 1. The fourth-order valence-electron chi connectivity index (χ4n) is 1.84. The summed E-state index contributed by atoms with van der Waals surface area (Å²) < 4.78 is 4.19. The first-order chi connectivity index (χ1) is 9.47. The van der Waals surface area contributed by atoms with Gasteiger partial charge in [0.1, 0.15) is 5.00 Å². The van der Waals surface area contributed by atoms with Gasteiger partial charge in [0.05, 0.1) is 11.3 Å². The van der Waals surface area contributed by atoms with Crippen molar-refractivity contribution in [2.24, 2.45) is 0 Å². The van der Waals surface area contributed by atoms with Gasteiger partial charge in [-0.25, -0.2) is 0 Å². The van der Waals surface area contributed by atoms with Crippen LogP contribution in [-0.4, -0.2) is 16.1 Å². The van der Waals surface area contributed by atoms with E-state index in [2.05, 4.69) is 15.0 Å². The number of rotatable bonds is 4. The number of nitrogens with one attached hydrogen (secondary N) is 2. The monoisotopic (exact) mass is 289 g/mol. The molecule has 0 saturated heterocycles. The number of hydrogen-bond donors (Lipinski definition) is 2. The second-order valence-corrected chi connectivity index (χ2v) is 5.19. The van der Waals surface area contributed by atoms with Crippen molar-refractivity contribution in [3.63, 3.8) is 0 Å². The molecule has 2 rings (SSSR count). The van der Waals surface area contributed by atoms with Crippen molar-refractivity contribution in [3.05, 3.63) is 35.5 Å². The third-order valence-corrected chi connectivity index (χ3v) is 3.53. The molecular weight excluding hydrogens is 274 g/mol. The van der Waals surface area contributed by atoms with Crippen LogP contribution in [-0.2, 0) is 4.79 Å². The fraction of sp³-hybridized carbons (Fsp3) is 0.214. The molecule has 0 aliphatic rings. The maximum atomic E-state index is 11.6. The molecule has 2 N–H and O–H groups in total. The van der Waals surface area contributed by atoms with Crippen LogP contribution in [0.5, 0.6) is 0 Å². The zero-order valence-electron chi connectivity index (χ0n) is 11.5. The van der Waals surface area contributed by atoms with Gasteiger partial charge in [-0.05, 0) is 49.6 Å². The van der Waals surface area contributed by atoms with Gasteiger partial charge in [-0.1, -0.05) is 0 Å². The molecule has 20 heavy (non-hydrogen) atoms. The molecule has 2 aromatic rings. The van der Waals surface area contributed by atoms with E-state index in [0.717, 1.165) is 22.1 Å². The lowest BCUT2D eigenvalue weighted by Crippen LogP contribution is -2.05. The van der Waals surface area contributed by atoms with Gasteiger partial charge in [-0.3, -0.25) is 9.59 Å². The summed E-state index contributed by atoms with van der Waals surface area (Å²) in [4.78, 5) is 22.5. The molecule has 0 fully saturated rings. The predicted molar refractivity (Wildman–Crippen MR) is 80.9 cm³/mol. The van der Waals surface area contributed by atoms with Gasteiger partial charge in [0, 0.05) is 18.3 Å². The van der Waals surface area contributed by atoms with Gasteiger partial charge in [0.2, 0.25) is 5.91 Å². The molecule has 0 aliphatic carbocycles. The summed E-state index contributed by atoms with van der Waals surface area (Å²) in [7, 11) is 0. The molecule has 0 aliphatic heterocycles. The Morgan fingerprint density at radius 1 is 1.10 bits per heavy atom. The van der Waals surface area contributed by atoms with Gasteiger partial charge in [0.15, 0.2) is 5.78 Å². The van der Waals surface area contributed by atoms with E-state index in [4.69, 9.17) is 0 Å². The SMILES string of the molecule is CC(=O)Nc1ccc(Nc2snc(C)c2C(C)=O)cc1. The average Bonchev–Trinajstić information content (AvgIpc) is 2.72. The predicted octanol–water partition coefficient (Wildman–Crippen LogP) is 3.36. The molecule has 0 atom stereocenters. The third kappa shape index (κ3) is 3.21. The summed E-state index contributed by atoms with van der Waals surface area (Å²) >= 11 is 1.26. The van der Waals surface area contributed by atoms with E-state index in [9.17, 15) is 9.59 Å². The topological polar surface area (TPSA) is 71.1 Å². The lowest BCUT2D eigenvalue weighted by Gasteiger charge is -2.07. The van der Waals surface area contributed by atoms with Crippen LogP contribution in [0, 0.1) is 6.92 Å². The maximum Gasteiger partial charge on any atom is 0.221 e. The molecule has 0 unspecified atom stereocenters.